The Hall–Kier alpha value is -3.04. The van der Waals surface area contributed by atoms with Crippen molar-refractivity contribution in [2.45, 2.75) is 6.54 Å². The fraction of sp³-hybridized carbons (Fsp3) is 0.0667. The maximum atomic E-state index is 11.6. The third-order valence-electron chi connectivity index (χ3n) is 3.34. The van der Waals surface area contributed by atoms with Crippen molar-refractivity contribution in [3.63, 3.8) is 0 Å². The third-order valence-corrected chi connectivity index (χ3v) is 3.34. The van der Waals surface area contributed by atoms with E-state index in [9.17, 15) is 4.79 Å². The summed E-state index contributed by atoms with van der Waals surface area (Å²) in [7, 11) is 0. The normalized spacial score (nSPS) is 10.5. The average molecular weight is 280 g/mol. The number of nitrogens with zero attached hydrogens (tertiary/aromatic N) is 2. The van der Waals surface area contributed by atoms with Gasteiger partial charge < -0.3 is 8.98 Å². The van der Waals surface area contributed by atoms with Crippen LogP contribution in [0, 0.1) is 11.3 Å². The second-order valence-electron chi connectivity index (χ2n) is 4.56. The van der Waals surface area contributed by atoms with E-state index < -0.39 is 5.91 Å². The molecule has 0 radical (unpaired) electrons. The summed E-state index contributed by atoms with van der Waals surface area (Å²) in [5, 5.41) is 10.0. The Bertz CT molecular complexity index is 854. The molecule has 0 unspecified atom stereocenters. The Kier molecular flexibility index (Phi) is 3.18. The second kappa shape index (κ2) is 5.15. The standard InChI is InChI=1S/C15H12N4O2/c16-8-10-1-2-11-3-5-19(13(11)7-10)9-14-12(4-6-21-14)15(20)18-17/h1-7H,9,17H2,(H,18,20). The molecule has 0 aliphatic carbocycles. The van der Waals surface area contributed by atoms with Crippen molar-refractivity contribution in [1.29, 1.82) is 5.26 Å². The molecule has 6 heteroatoms. The molecule has 0 aliphatic rings. The Morgan fingerprint density at radius 1 is 1.38 bits per heavy atom. The van der Waals surface area contributed by atoms with Crippen LogP contribution >= 0.6 is 0 Å². The summed E-state index contributed by atoms with van der Waals surface area (Å²) < 4.78 is 7.28. The molecule has 0 saturated heterocycles. The highest BCUT2D eigenvalue weighted by molar-refractivity contribution is 5.94. The van der Waals surface area contributed by atoms with Gasteiger partial charge in [0.25, 0.3) is 5.91 Å². The molecule has 1 amide bonds. The van der Waals surface area contributed by atoms with Crippen molar-refractivity contribution in [2.24, 2.45) is 5.84 Å². The molecule has 0 bridgehead atoms. The van der Waals surface area contributed by atoms with Crippen LogP contribution in [0.4, 0.5) is 0 Å². The molecular formula is C15H12N4O2. The molecule has 1 aromatic carbocycles. The molecule has 6 nitrogen and oxygen atoms in total. The molecule has 21 heavy (non-hydrogen) atoms. The van der Waals surface area contributed by atoms with Crippen LogP contribution in [0.5, 0.6) is 0 Å². The lowest BCUT2D eigenvalue weighted by Gasteiger charge is -2.05. The first-order valence-electron chi connectivity index (χ1n) is 6.29. The zero-order valence-corrected chi connectivity index (χ0v) is 11.0. The minimum atomic E-state index is -0.395. The van der Waals surface area contributed by atoms with Crippen LogP contribution in [0.3, 0.4) is 0 Å². The maximum Gasteiger partial charge on any atom is 0.268 e. The highest BCUT2D eigenvalue weighted by atomic mass is 16.3. The molecule has 104 valence electrons. The lowest BCUT2D eigenvalue weighted by Crippen LogP contribution is -2.30. The van der Waals surface area contributed by atoms with Crippen molar-refractivity contribution >= 4 is 16.8 Å². The van der Waals surface area contributed by atoms with E-state index in [1.807, 2.05) is 22.9 Å². The average Bonchev–Trinajstić information content (AvgIpc) is 3.14. The van der Waals surface area contributed by atoms with Gasteiger partial charge in [0, 0.05) is 11.7 Å². The Morgan fingerprint density at radius 3 is 3.00 bits per heavy atom. The molecule has 3 aromatic rings. The van der Waals surface area contributed by atoms with E-state index in [2.05, 4.69) is 11.5 Å². The number of nitrogens with one attached hydrogen (secondary N) is 1. The van der Waals surface area contributed by atoms with E-state index in [-0.39, 0.29) is 0 Å². The number of carbonyl (C=O) groups excluding carboxylic acids is 1. The summed E-state index contributed by atoms with van der Waals surface area (Å²) >= 11 is 0. The maximum absolute atomic E-state index is 11.6. The number of aromatic nitrogens is 1. The molecule has 0 spiro atoms. The van der Waals surface area contributed by atoms with Gasteiger partial charge in [0.15, 0.2) is 0 Å². The van der Waals surface area contributed by atoms with Crippen molar-refractivity contribution in [1.82, 2.24) is 9.99 Å². The summed E-state index contributed by atoms with van der Waals surface area (Å²) in [5.74, 6) is 5.27. The van der Waals surface area contributed by atoms with Crippen molar-refractivity contribution in [3.8, 4) is 6.07 Å². The van der Waals surface area contributed by atoms with Crippen LogP contribution in [0.2, 0.25) is 0 Å². The van der Waals surface area contributed by atoms with E-state index >= 15 is 0 Å². The topological polar surface area (TPSA) is 97.0 Å². The number of carbonyl (C=O) groups is 1. The number of hydrogen-bond donors (Lipinski definition) is 2. The van der Waals surface area contributed by atoms with Crippen molar-refractivity contribution in [3.05, 3.63) is 59.7 Å². The molecule has 2 aromatic heterocycles. The summed E-state index contributed by atoms with van der Waals surface area (Å²) in [6.07, 6.45) is 3.34. The third kappa shape index (κ3) is 2.26. The summed E-state index contributed by atoms with van der Waals surface area (Å²) in [6.45, 7) is 0.383. The number of amides is 1. The minimum absolute atomic E-state index is 0.383. The molecule has 0 saturated carbocycles. The van der Waals surface area contributed by atoms with Crippen molar-refractivity contribution in [2.75, 3.05) is 0 Å². The van der Waals surface area contributed by atoms with Crippen molar-refractivity contribution < 1.29 is 9.21 Å². The lowest BCUT2D eigenvalue weighted by atomic mass is 10.2. The van der Waals surface area contributed by atoms with Crippen LogP contribution in [-0.4, -0.2) is 10.5 Å². The van der Waals surface area contributed by atoms with Gasteiger partial charge in [-0.15, -0.1) is 0 Å². The Morgan fingerprint density at radius 2 is 2.24 bits per heavy atom. The number of benzene rings is 1. The molecule has 2 heterocycles. The zero-order chi connectivity index (χ0) is 14.8. The van der Waals surface area contributed by atoms with Gasteiger partial charge in [-0.3, -0.25) is 10.2 Å². The molecule has 3 N–H and O–H groups in total. The van der Waals surface area contributed by atoms with Crippen LogP contribution in [0.15, 0.2) is 47.2 Å². The molecule has 0 atom stereocenters. The van der Waals surface area contributed by atoms with Gasteiger partial charge in [-0.25, -0.2) is 5.84 Å². The van der Waals surface area contributed by atoms with E-state index in [0.717, 1.165) is 10.9 Å². The first-order valence-corrected chi connectivity index (χ1v) is 6.29. The quantitative estimate of drug-likeness (QED) is 0.434. The van der Waals surface area contributed by atoms with E-state index in [4.69, 9.17) is 15.5 Å². The van der Waals surface area contributed by atoms with E-state index in [1.165, 1.54) is 6.26 Å². The highest BCUT2D eigenvalue weighted by Crippen LogP contribution is 2.20. The van der Waals surface area contributed by atoms with Crippen LogP contribution in [-0.2, 0) is 6.54 Å². The van der Waals surface area contributed by atoms with Gasteiger partial charge in [0.2, 0.25) is 0 Å². The Labute approximate surface area is 120 Å². The summed E-state index contributed by atoms with van der Waals surface area (Å²) in [5.41, 5.74) is 3.98. The van der Waals surface area contributed by atoms with Crippen LogP contribution in [0.25, 0.3) is 10.9 Å². The highest BCUT2D eigenvalue weighted by Gasteiger charge is 2.14. The van der Waals surface area contributed by atoms with E-state index in [0.29, 0.717) is 23.4 Å². The largest absolute Gasteiger partial charge is 0.467 e. The van der Waals surface area contributed by atoms with Gasteiger partial charge in [0.05, 0.1) is 30.0 Å². The number of fused-ring (bicyclic) bond motifs is 1. The molecule has 0 fully saturated rings. The number of hydrogen-bond acceptors (Lipinski definition) is 4. The molecule has 3 rings (SSSR count). The smallest absolute Gasteiger partial charge is 0.268 e. The Balaban J connectivity index is 2.01. The first kappa shape index (κ1) is 13.0. The van der Waals surface area contributed by atoms with Gasteiger partial charge >= 0.3 is 0 Å². The molecule has 0 aliphatic heterocycles. The van der Waals surface area contributed by atoms with Crippen LogP contribution in [0.1, 0.15) is 21.7 Å². The van der Waals surface area contributed by atoms with Gasteiger partial charge in [-0.05, 0) is 29.7 Å². The SMILES string of the molecule is N#Cc1ccc2ccn(Cc3occc3C(=O)NN)c2c1. The molecular weight excluding hydrogens is 268 g/mol. The second-order valence-corrected chi connectivity index (χ2v) is 4.56. The van der Waals surface area contributed by atoms with Gasteiger partial charge in [-0.1, -0.05) is 6.07 Å². The predicted octanol–water partition coefficient (Wildman–Crippen LogP) is 1.76. The van der Waals surface area contributed by atoms with Gasteiger partial charge in [0.1, 0.15) is 5.76 Å². The first-order chi connectivity index (χ1) is 10.2. The number of rotatable bonds is 3. The number of nitrogen functional groups attached to an aromatic ring is 1. The van der Waals surface area contributed by atoms with Crippen LogP contribution < -0.4 is 11.3 Å². The number of furan rings is 1. The zero-order valence-electron chi connectivity index (χ0n) is 11.0. The fourth-order valence-corrected chi connectivity index (χ4v) is 2.29. The fourth-order valence-electron chi connectivity index (χ4n) is 2.29. The summed E-state index contributed by atoms with van der Waals surface area (Å²) in [6, 6.07) is 11.1. The number of nitrogens with two attached hydrogens (primary N) is 1. The minimum Gasteiger partial charge on any atom is -0.467 e. The predicted molar refractivity (Wildman–Crippen MR) is 76.1 cm³/mol. The summed E-state index contributed by atoms with van der Waals surface area (Å²) in [4.78, 5) is 11.6. The monoisotopic (exact) mass is 280 g/mol. The lowest BCUT2D eigenvalue weighted by molar-refractivity contribution is 0.0951. The number of nitriles is 1. The number of hydrazine groups is 1. The van der Waals surface area contributed by atoms with Gasteiger partial charge in [-0.2, -0.15) is 5.26 Å². The van der Waals surface area contributed by atoms with E-state index in [1.54, 1.807) is 18.2 Å².